The van der Waals surface area contributed by atoms with Crippen LogP contribution in [0.15, 0.2) is 6.07 Å². The van der Waals surface area contributed by atoms with Crippen LogP contribution in [0.4, 0.5) is 0 Å². The van der Waals surface area contributed by atoms with Crippen molar-refractivity contribution in [2.75, 3.05) is 0 Å². The van der Waals surface area contributed by atoms with E-state index in [2.05, 4.69) is 26.8 Å². The van der Waals surface area contributed by atoms with Crippen molar-refractivity contribution in [1.82, 2.24) is 0 Å². The smallest absolute Gasteiger partial charge is 0.0389 e. The van der Waals surface area contributed by atoms with E-state index in [1.807, 2.05) is 11.3 Å². The first-order valence-electron chi connectivity index (χ1n) is 6.83. The molecule has 1 aromatic heterocycles. The lowest BCUT2D eigenvalue weighted by Gasteiger charge is -2.19. The Morgan fingerprint density at radius 3 is 2.76 bits per heavy atom. The van der Waals surface area contributed by atoms with Gasteiger partial charge in [-0.05, 0) is 49.1 Å². The van der Waals surface area contributed by atoms with Crippen LogP contribution in [0, 0.1) is 5.41 Å². The molecule has 1 unspecified atom stereocenters. The molecule has 17 heavy (non-hydrogen) atoms. The highest BCUT2D eigenvalue weighted by Crippen LogP contribution is 2.35. The first kappa shape index (κ1) is 13.1. The molecular weight excluding hydrogens is 226 g/mol. The van der Waals surface area contributed by atoms with Crippen LogP contribution < -0.4 is 5.73 Å². The Morgan fingerprint density at radius 1 is 1.35 bits per heavy atom. The Bertz CT molecular complexity index is 351. The van der Waals surface area contributed by atoms with E-state index in [0.29, 0.717) is 5.41 Å². The summed E-state index contributed by atoms with van der Waals surface area (Å²) in [5.41, 5.74) is 8.32. The minimum Gasteiger partial charge on any atom is -0.323 e. The Labute approximate surface area is 109 Å². The molecule has 1 aromatic rings. The lowest BCUT2D eigenvalue weighted by atomic mass is 9.89. The zero-order chi connectivity index (χ0) is 12.5. The highest BCUT2D eigenvalue weighted by Gasteiger charge is 2.18. The normalized spacial score (nSPS) is 17.2. The maximum Gasteiger partial charge on any atom is 0.0389 e. The molecule has 0 saturated carbocycles. The second-order valence-electron chi connectivity index (χ2n) is 6.51. The monoisotopic (exact) mass is 251 g/mol. The topological polar surface area (TPSA) is 26.0 Å². The van der Waals surface area contributed by atoms with Crippen molar-refractivity contribution in [3.8, 4) is 0 Å². The highest BCUT2D eigenvalue weighted by molar-refractivity contribution is 7.12. The Hall–Kier alpha value is -0.340. The molecule has 1 aliphatic carbocycles. The predicted molar refractivity (Wildman–Crippen MR) is 76.6 cm³/mol. The van der Waals surface area contributed by atoms with Crippen molar-refractivity contribution in [2.24, 2.45) is 11.1 Å². The van der Waals surface area contributed by atoms with Gasteiger partial charge >= 0.3 is 0 Å². The lowest BCUT2D eigenvalue weighted by Crippen LogP contribution is -2.11. The summed E-state index contributed by atoms with van der Waals surface area (Å²) < 4.78 is 0. The number of nitrogens with two attached hydrogens (primary N) is 1. The standard InChI is InChI=1S/C15H25NS/c1-15(2,3)9-5-7-12(16)14-10-11-6-4-8-13(11)17-14/h10,12H,4-9,16H2,1-3H3. The van der Waals surface area contributed by atoms with Crippen molar-refractivity contribution in [1.29, 1.82) is 0 Å². The first-order valence-corrected chi connectivity index (χ1v) is 7.64. The van der Waals surface area contributed by atoms with Crippen LogP contribution >= 0.6 is 11.3 Å². The van der Waals surface area contributed by atoms with Crippen LogP contribution in [-0.4, -0.2) is 0 Å². The summed E-state index contributed by atoms with van der Waals surface area (Å²) in [5.74, 6) is 0. The summed E-state index contributed by atoms with van der Waals surface area (Å²) >= 11 is 1.96. The summed E-state index contributed by atoms with van der Waals surface area (Å²) in [4.78, 5) is 3.02. The first-order chi connectivity index (χ1) is 7.96. The van der Waals surface area contributed by atoms with Crippen LogP contribution in [0.25, 0.3) is 0 Å². The number of fused-ring (bicyclic) bond motifs is 1. The van der Waals surface area contributed by atoms with E-state index < -0.39 is 0 Å². The van der Waals surface area contributed by atoms with Crippen LogP contribution in [-0.2, 0) is 12.8 Å². The van der Waals surface area contributed by atoms with Gasteiger partial charge in [-0.2, -0.15) is 0 Å². The van der Waals surface area contributed by atoms with Gasteiger partial charge in [-0.15, -0.1) is 11.3 Å². The number of hydrogen-bond donors (Lipinski definition) is 1. The Morgan fingerprint density at radius 2 is 2.12 bits per heavy atom. The van der Waals surface area contributed by atoms with Gasteiger partial charge in [-0.1, -0.05) is 27.2 Å². The summed E-state index contributed by atoms with van der Waals surface area (Å²) in [7, 11) is 0. The average molecular weight is 251 g/mol. The van der Waals surface area contributed by atoms with E-state index in [4.69, 9.17) is 5.73 Å². The fourth-order valence-corrected chi connectivity index (χ4v) is 3.82. The second kappa shape index (κ2) is 5.11. The second-order valence-corrected chi connectivity index (χ2v) is 7.68. The molecule has 0 aromatic carbocycles. The van der Waals surface area contributed by atoms with Crippen molar-refractivity contribution >= 4 is 11.3 Å². The number of thiophene rings is 1. The lowest BCUT2D eigenvalue weighted by molar-refractivity contribution is 0.354. The fraction of sp³-hybridized carbons (Fsp3) is 0.733. The minimum absolute atomic E-state index is 0.271. The van der Waals surface area contributed by atoms with Gasteiger partial charge in [0.25, 0.3) is 0 Å². The molecule has 2 heteroatoms. The third-order valence-electron chi connectivity index (χ3n) is 3.57. The predicted octanol–water partition coefficient (Wildman–Crippen LogP) is 4.45. The molecule has 0 radical (unpaired) electrons. The third kappa shape index (κ3) is 3.56. The average Bonchev–Trinajstić information content (AvgIpc) is 2.73. The molecule has 2 N–H and O–H groups in total. The maximum absolute atomic E-state index is 6.30. The van der Waals surface area contributed by atoms with Crippen LogP contribution in [0.3, 0.4) is 0 Å². The van der Waals surface area contributed by atoms with Crippen molar-refractivity contribution in [3.05, 3.63) is 21.4 Å². The zero-order valence-electron chi connectivity index (χ0n) is 11.4. The van der Waals surface area contributed by atoms with Gasteiger partial charge in [-0.25, -0.2) is 0 Å². The summed E-state index contributed by atoms with van der Waals surface area (Å²) in [6.45, 7) is 6.91. The van der Waals surface area contributed by atoms with Gasteiger partial charge < -0.3 is 5.73 Å². The molecule has 0 bridgehead atoms. The molecule has 1 atom stereocenters. The number of rotatable bonds is 4. The van der Waals surface area contributed by atoms with E-state index in [0.717, 1.165) is 6.42 Å². The van der Waals surface area contributed by atoms with Gasteiger partial charge in [0.15, 0.2) is 0 Å². The Kier molecular flexibility index (Phi) is 3.94. The van der Waals surface area contributed by atoms with Crippen molar-refractivity contribution in [2.45, 2.75) is 65.3 Å². The largest absolute Gasteiger partial charge is 0.323 e. The molecule has 96 valence electrons. The fourth-order valence-electron chi connectivity index (χ4n) is 2.53. The van der Waals surface area contributed by atoms with Gasteiger partial charge in [0, 0.05) is 15.8 Å². The molecule has 2 rings (SSSR count). The molecule has 0 saturated heterocycles. The summed E-state index contributed by atoms with van der Waals surface area (Å²) in [5, 5.41) is 0. The maximum atomic E-state index is 6.30. The zero-order valence-corrected chi connectivity index (χ0v) is 12.2. The summed E-state index contributed by atoms with van der Waals surface area (Å²) in [6, 6.07) is 2.64. The van der Waals surface area contributed by atoms with E-state index in [9.17, 15) is 0 Å². The quantitative estimate of drug-likeness (QED) is 0.840. The van der Waals surface area contributed by atoms with Gasteiger partial charge in [-0.3, -0.25) is 0 Å². The van der Waals surface area contributed by atoms with E-state index >= 15 is 0 Å². The number of hydrogen-bond acceptors (Lipinski definition) is 2. The molecular formula is C15H25NS. The van der Waals surface area contributed by atoms with E-state index in [-0.39, 0.29) is 6.04 Å². The van der Waals surface area contributed by atoms with Gasteiger partial charge in [0.2, 0.25) is 0 Å². The van der Waals surface area contributed by atoms with Crippen molar-refractivity contribution in [3.63, 3.8) is 0 Å². The van der Waals surface area contributed by atoms with Crippen LogP contribution in [0.2, 0.25) is 0 Å². The third-order valence-corrected chi connectivity index (χ3v) is 4.94. The van der Waals surface area contributed by atoms with Crippen molar-refractivity contribution < 1.29 is 0 Å². The van der Waals surface area contributed by atoms with Crippen LogP contribution in [0.5, 0.6) is 0 Å². The molecule has 0 amide bonds. The molecule has 1 heterocycles. The number of aryl methyl sites for hydroxylation is 2. The molecule has 1 aliphatic rings. The highest BCUT2D eigenvalue weighted by atomic mass is 32.1. The minimum atomic E-state index is 0.271. The SMILES string of the molecule is CC(C)(C)CCCC(N)c1cc2c(s1)CCC2. The molecule has 0 spiro atoms. The van der Waals surface area contributed by atoms with E-state index in [1.165, 1.54) is 37.0 Å². The molecule has 0 fully saturated rings. The van der Waals surface area contributed by atoms with Gasteiger partial charge in [0.05, 0.1) is 0 Å². The molecule has 0 aliphatic heterocycles. The Balaban J connectivity index is 1.85. The van der Waals surface area contributed by atoms with Crippen LogP contribution in [0.1, 0.15) is 67.8 Å². The summed E-state index contributed by atoms with van der Waals surface area (Å²) in [6.07, 6.45) is 7.56. The van der Waals surface area contributed by atoms with E-state index in [1.54, 1.807) is 10.4 Å². The van der Waals surface area contributed by atoms with Gasteiger partial charge in [0.1, 0.15) is 0 Å². The molecule has 1 nitrogen and oxygen atoms in total.